The lowest BCUT2D eigenvalue weighted by Gasteiger charge is -2.09. The highest BCUT2D eigenvalue weighted by Gasteiger charge is 2.15. The first kappa shape index (κ1) is 18.4. The maximum absolute atomic E-state index is 12.6. The molecule has 2 aromatic carbocycles. The summed E-state index contributed by atoms with van der Waals surface area (Å²) < 4.78 is 1.78. The van der Waals surface area contributed by atoms with Gasteiger partial charge in [0.1, 0.15) is 0 Å². The average molecular weight is 362 g/mol. The van der Waals surface area contributed by atoms with Crippen LogP contribution < -0.4 is 10.6 Å². The van der Waals surface area contributed by atoms with Crippen LogP contribution >= 0.6 is 0 Å². The van der Waals surface area contributed by atoms with E-state index >= 15 is 0 Å². The van der Waals surface area contributed by atoms with Crippen molar-refractivity contribution in [3.63, 3.8) is 0 Å². The van der Waals surface area contributed by atoms with E-state index in [0.29, 0.717) is 17.8 Å². The Morgan fingerprint density at radius 3 is 2.59 bits per heavy atom. The molecule has 0 fully saturated rings. The van der Waals surface area contributed by atoms with Gasteiger partial charge in [-0.15, -0.1) is 0 Å². The number of aromatic nitrogens is 2. The largest absolute Gasteiger partial charge is 0.348 e. The van der Waals surface area contributed by atoms with Gasteiger partial charge in [-0.25, -0.2) is 4.68 Å². The number of hydrogen-bond donors (Lipinski definition) is 2. The van der Waals surface area contributed by atoms with E-state index in [9.17, 15) is 9.59 Å². The predicted octanol–water partition coefficient (Wildman–Crippen LogP) is 3.38. The minimum atomic E-state index is -0.183. The van der Waals surface area contributed by atoms with Crippen LogP contribution in [-0.4, -0.2) is 21.6 Å². The zero-order valence-corrected chi connectivity index (χ0v) is 15.6. The van der Waals surface area contributed by atoms with Gasteiger partial charge in [-0.3, -0.25) is 9.59 Å². The van der Waals surface area contributed by atoms with E-state index in [2.05, 4.69) is 15.7 Å². The third kappa shape index (κ3) is 4.23. The Morgan fingerprint density at radius 1 is 1.07 bits per heavy atom. The molecule has 6 heteroatoms. The first-order valence-electron chi connectivity index (χ1n) is 8.71. The monoisotopic (exact) mass is 362 g/mol. The fraction of sp³-hybridized carbons (Fsp3) is 0.190. The van der Waals surface area contributed by atoms with E-state index in [1.165, 1.54) is 6.92 Å². The first-order chi connectivity index (χ1) is 13.0. The van der Waals surface area contributed by atoms with Crippen molar-refractivity contribution in [3.05, 3.63) is 77.1 Å². The maximum Gasteiger partial charge on any atom is 0.255 e. The van der Waals surface area contributed by atoms with Crippen LogP contribution in [0, 0.1) is 13.8 Å². The fourth-order valence-corrected chi connectivity index (χ4v) is 2.92. The second kappa shape index (κ2) is 7.86. The van der Waals surface area contributed by atoms with Crippen molar-refractivity contribution in [2.24, 2.45) is 0 Å². The Hall–Kier alpha value is -3.41. The highest BCUT2D eigenvalue weighted by Crippen LogP contribution is 2.18. The van der Waals surface area contributed by atoms with Gasteiger partial charge < -0.3 is 10.6 Å². The van der Waals surface area contributed by atoms with E-state index in [-0.39, 0.29) is 11.8 Å². The van der Waals surface area contributed by atoms with Gasteiger partial charge in [-0.1, -0.05) is 30.3 Å². The van der Waals surface area contributed by atoms with Crippen LogP contribution in [0.2, 0.25) is 0 Å². The quantitative estimate of drug-likeness (QED) is 0.731. The molecule has 0 unspecified atom stereocenters. The second-order valence-corrected chi connectivity index (χ2v) is 6.41. The summed E-state index contributed by atoms with van der Waals surface area (Å²) in [6.07, 6.45) is 1.59. The van der Waals surface area contributed by atoms with E-state index in [1.807, 2.05) is 62.4 Å². The number of hydrogen-bond acceptors (Lipinski definition) is 3. The van der Waals surface area contributed by atoms with Crippen molar-refractivity contribution in [2.75, 3.05) is 5.32 Å². The summed E-state index contributed by atoms with van der Waals surface area (Å²) in [6.45, 7) is 5.72. The molecule has 0 spiro atoms. The lowest BCUT2D eigenvalue weighted by Crippen LogP contribution is -2.23. The molecule has 0 atom stereocenters. The number of anilines is 1. The summed E-state index contributed by atoms with van der Waals surface area (Å²) in [6, 6.07) is 15.3. The molecule has 1 aromatic heterocycles. The molecule has 3 rings (SSSR count). The van der Waals surface area contributed by atoms with Gasteiger partial charge in [0.15, 0.2) is 0 Å². The van der Waals surface area contributed by atoms with Gasteiger partial charge in [0.25, 0.3) is 5.91 Å². The number of aryl methyl sites for hydroxylation is 1. The lowest BCUT2D eigenvalue weighted by molar-refractivity contribution is -0.114. The van der Waals surface area contributed by atoms with Crippen molar-refractivity contribution >= 4 is 17.5 Å². The summed E-state index contributed by atoms with van der Waals surface area (Å²) in [5.41, 5.74) is 4.98. The van der Waals surface area contributed by atoms with E-state index in [1.54, 1.807) is 10.9 Å². The molecule has 0 aliphatic heterocycles. The standard InChI is InChI=1S/C21H22N4O2/c1-14-7-4-5-10-20(14)25-15(2)19(13-23-25)21(27)22-12-17-8-6-9-18(11-17)24-16(3)26/h4-11,13H,12H2,1-3H3,(H,22,27)(H,24,26). The molecule has 0 bridgehead atoms. The number of carbonyl (C=O) groups is 2. The minimum absolute atomic E-state index is 0.129. The number of carbonyl (C=O) groups excluding carboxylic acids is 2. The Balaban J connectivity index is 1.73. The van der Waals surface area contributed by atoms with Crippen molar-refractivity contribution in [2.45, 2.75) is 27.3 Å². The molecule has 0 saturated carbocycles. The van der Waals surface area contributed by atoms with Crippen LogP contribution in [-0.2, 0) is 11.3 Å². The van der Waals surface area contributed by atoms with Crippen LogP contribution in [0.15, 0.2) is 54.7 Å². The molecule has 3 aromatic rings. The van der Waals surface area contributed by atoms with E-state index in [0.717, 1.165) is 22.5 Å². The van der Waals surface area contributed by atoms with Crippen LogP contribution in [0.25, 0.3) is 5.69 Å². The van der Waals surface area contributed by atoms with Crippen LogP contribution in [0.1, 0.15) is 34.1 Å². The van der Waals surface area contributed by atoms with Gasteiger partial charge in [-0.05, 0) is 43.2 Å². The van der Waals surface area contributed by atoms with Gasteiger partial charge in [0.2, 0.25) is 5.91 Å². The Labute approximate surface area is 158 Å². The van der Waals surface area contributed by atoms with E-state index in [4.69, 9.17) is 0 Å². The van der Waals surface area contributed by atoms with Crippen molar-refractivity contribution in [1.29, 1.82) is 0 Å². The summed E-state index contributed by atoms with van der Waals surface area (Å²) in [4.78, 5) is 23.8. The van der Waals surface area contributed by atoms with E-state index < -0.39 is 0 Å². The Bertz CT molecular complexity index is 991. The molecule has 138 valence electrons. The molecule has 2 N–H and O–H groups in total. The third-order valence-corrected chi connectivity index (χ3v) is 4.30. The van der Waals surface area contributed by atoms with Crippen molar-refractivity contribution < 1.29 is 9.59 Å². The molecule has 0 aliphatic rings. The lowest BCUT2D eigenvalue weighted by atomic mass is 10.1. The van der Waals surface area contributed by atoms with Crippen molar-refractivity contribution in [1.82, 2.24) is 15.1 Å². The smallest absolute Gasteiger partial charge is 0.255 e. The second-order valence-electron chi connectivity index (χ2n) is 6.41. The highest BCUT2D eigenvalue weighted by atomic mass is 16.2. The summed E-state index contributed by atoms with van der Waals surface area (Å²) >= 11 is 0. The molecule has 0 radical (unpaired) electrons. The Morgan fingerprint density at radius 2 is 1.85 bits per heavy atom. The average Bonchev–Trinajstić information content (AvgIpc) is 3.01. The van der Waals surface area contributed by atoms with Gasteiger partial charge in [-0.2, -0.15) is 5.10 Å². The van der Waals surface area contributed by atoms with Crippen LogP contribution in [0.3, 0.4) is 0 Å². The highest BCUT2D eigenvalue weighted by molar-refractivity contribution is 5.95. The summed E-state index contributed by atoms with van der Waals surface area (Å²) in [5.74, 6) is -0.312. The molecule has 0 aliphatic carbocycles. The molecule has 6 nitrogen and oxygen atoms in total. The van der Waals surface area contributed by atoms with Crippen LogP contribution in [0.5, 0.6) is 0 Å². The molecular weight excluding hydrogens is 340 g/mol. The zero-order chi connectivity index (χ0) is 19.4. The number of amides is 2. The number of benzene rings is 2. The van der Waals surface area contributed by atoms with Crippen molar-refractivity contribution in [3.8, 4) is 5.69 Å². The van der Waals surface area contributed by atoms with Gasteiger partial charge in [0.05, 0.1) is 23.1 Å². The molecule has 2 amide bonds. The summed E-state index contributed by atoms with van der Waals surface area (Å²) in [7, 11) is 0. The molecule has 1 heterocycles. The molecule has 0 saturated heterocycles. The normalized spacial score (nSPS) is 10.5. The zero-order valence-electron chi connectivity index (χ0n) is 15.6. The predicted molar refractivity (Wildman–Crippen MR) is 105 cm³/mol. The number of nitrogens with one attached hydrogen (secondary N) is 2. The SMILES string of the molecule is CC(=O)Nc1cccc(CNC(=O)c2cnn(-c3ccccc3C)c2C)c1. The van der Waals surface area contributed by atoms with Gasteiger partial charge in [0, 0.05) is 19.2 Å². The number of rotatable bonds is 5. The molecular formula is C21H22N4O2. The fourth-order valence-electron chi connectivity index (χ4n) is 2.92. The summed E-state index contributed by atoms with van der Waals surface area (Å²) in [5, 5.41) is 10.0. The number of nitrogens with zero attached hydrogens (tertiary/aromatic N) is 2. The van der Waals surface area contributed by atoms with Crippen LogP contribution in [0.4, 0.5) is 5.69 Å². The molecule has 27 heavy (non-hydrogen) atoms. The minimum Gasteiger partial charge on any atom is -0.348 e. The first-order valence-corrected chi connectivity index (χ1v) is 8.71. The topological polar surface area (TPSA) is 76.0 Å². The number of para-hydroxylation sites is 1. The van der Waals surface area contributed by atoms with Gasteiger partial charge >= 0.3 is 0 Å². The Kier molecular flexibility index (Phi) is 5.35. The third-order valence-electron chi connectivity index (χ3n) is 4.30. The maximum atomic E-state index is 12.6.